The summed E-state index contributed by atoms with van der Waals surface area (Å²) in [7, 11) is 5.28. The van der Waals surface area contributed by atoms with Gasteiger partial charge in [0.1, 0.15) is 12.3 Å². The third-order valence-corrected chi connectivity index (χ3v) is 4.79. The number of carbonyl (C=O) groups is 1. The first-order valence-electron chi connectivity index (χ1n) is 9.48. The first-order chi connectivity index (χ1) is 13.6. The first kappa shape index (κ1) is 19.7. The lowest BCUT2D eigenvalue weighted by Crippen LogP contribution is -2.55. The van der Waals surface area contributed by atoms with Gasteiger partial charge in [0.2, 0.25) is 5.91 Å². The quantitative estimate of drug-likeness (QED) is 0.461. The Hall–Kier alpha value is -3.03. The van der Waals surface area contributed by atoms with Crippen LogP contribution in [0.15, 0.2) is 41.7 Å². The number of nitrogens with zero attached hydrogens (tertiary/aromatic N) is 5. The van der Waals surface area contributed by atoms with Crippen LogP contribution < -0.4 is 15.0 Å². The smallest absolute Gasteiger partial charge is 0.246 e. The van der Waals surface area contributed by atoms with Crippen LogP contribution in [0.5, 0.6) is 5.75 Å². The summed E-state index contributed by atoms with van der Waals surface area (Å²) in [5.74, 6) is 1.70. The van der Waals surface area contributed by atoms with E-state index in [-0.39, 0.29) is 5.91 Å². The molecule has 8 nitrogen and oxygen atoms in total. The van der Waals surface area contributed by atoms with E-state index in [9.17, 15) is 4.79 Å². The Morgan fingerprint density at radius 2 is 2.21 bits per heavy atom. The van der Waals surface area contributed by atoms with Crippen molar-refractivity contribution < 1.29 is 9.53 Å². The number of benzene rings is 1. The molecule has 0 unspecified atom stereocenters. The number of carbonyl (C=O) groups excluding carboxylic acids is 1. The number of methoxy groups -OCH3 is 1. The summed E-state index contributed by atoms with van der Waals surface area (Å²) < 4.78 is 6.97. The molecule has 1 fully saturated rings. The van der Waals surface area contributed by atoms with Gasteiger partial charge in [-0.25, -0.2) is 0 Å². The molecule has 2 aromatic rings. The van der Waals surface area contributed by atoms with Crippen molar-refractivity contribution in [1.29, 1.82) is 0 Å². The zero-order valence-electron chi connectivity index (χ0n) is 16.8. The summed E-state index contributed by atoms with van der Waals surface area (Å²) in [6, 6.07) is 8.12. The molecule has 1 aliphatic rings. The number of ether oxygens (including phenoxy) is 1. The summed E-state index contributed by atoms with van der Waals surface area (Å²) in [4.78, 5) is 20.7. The SMILES string of the molecule is CN=C(NCCCc1cccc(OC)c1)N1CCN(c2cnn(C)c2)C(=O)C1. The number of aromatic nitrogens is 2. The average molecular weight is 384 g/mol. The van der Waals surface area contributed by atoms with E-state index in [0.29, 0.717) is 13.1 Å². The Balaban J connectivity index is 1.47. The predicted octanol–water partition coefficient (Wildman–Crippen LogP) is 1.29. The summed E-state index contributed by atoms with van der Waals surface area (Å²) in [6.45, 7) is 2.45. The van der Waals surface area contributed by atoms with E-state index in [0.717, 1.165) is 43.3 Å². The van der Waals surface area contributed by atoms with Gasteiger partial charge < -0.3 is 19.9 Å². The number of amides is 1. The van der Waals surface area contributed by atoms with Gasteiger partial charge in [-0.2, -0.15) is 5.10 Å². The van der Waals surface area contributed by atoms with Crippen molar-refractivity contribution in [2.45, 2.75) is 12.8 Å². The molecule has 1 aliphatic heterocycles. The molecule has 3 rings (SSSR count). The number of piperazine rings is 1. The van der Waals surface area contributed by atoms with E-state index >= 15 is 0 Å². The molecular weight excluding hydrogens is 356 g/mol. The number of aryl methyl sites for hydroxylation is 2. The zero-order valence-corrected chi connectivity index (χ0v) is 16.8. The van der Waals surface area contributed by atoms with Crippen LogP contribution in [-0.2, 0) is 18.3 Å². The van der Waals surface area contributed by atoms with E-state index in [1.165, 1.54) is 5.56 Å². The molecule has 8 heteroatoms. The van der Waals surface area contributed by atoms with Gasteiger partial charge in [0.15, 0.2) is 5.96 Å². The molecule has 0 saturated carbocycles. The van der Waals surface area contributed by atoms with Crippen LogP contribution in [0.2, 0.25) is 0 Å². The van der Waals surface area contributed by atoms with Gasteiger partial charge in [0.05, 0.1) is 19.0 Å². The molecule has 1 aromatic heterocycles. The number of aliphatic imine (C=N–C) groups is 1. The summed E-state index contributed by atoms with van der Waals surface area (Å²) in [5, 5.41) is 7.52. The molecule has 2 heterocycles. The fraction of sp³-hybridized carbons (Fsp3) is 0.450. The number of nitrogens with one attached hydrogen (secondary N) is 1. The highest BCUT2D eigenvalue weighted by Gasteiger charge is 2.27. The second-order valence-electron chi connectivity index (χ2n) is 6.77. The molecule has 0 atom stereocenters. The Bertz CT molecular complexity index is 832. The van der Waals surface area contributed by atoms with Gasteiger partial charge in [-0.1, -0.05) is 12.1 Å². The topological polar surface area (TPSA) is 75.0 Å². The standard InChI is InChI=1S/C20H28N6O2/c1-21-20(22-9-5-7-16-6-4-8-18(12-16)28-3)25-10-11-26(19(27)15-25)17-13-23-24(2)14-17/h4,6,8,12-14H,5,7,9-11,15H2,1-3H3,(H,21,22). The lowest BCUT2D eigenvalue weighted by Gasteiger charge is -2.35. The molecule has 0 aliphatic carbocycles. The number of rotatable bonds is 6. The van der Waals surface area contributed by atoms with E-state index in [1.54, 1.807) is 29.9 Å². The fourth-order valence-corrected chi connectivity index (χ4v) is 3.33. The molecule has 0 radical (unpaired) electrons. The lowest BCUT2D eigenvalue weighted by atomic mass is 10.1. The number of hydrogen-bond acceptors (Lipinski definition) is 4. The third-order valence-electron chi connectivity index (χ3n) is 4.79. The number of hydrogen-bond donors (Lipinski definition) is 1. The van der Waals surface area contributed by atoms with E-state index < -0.39 is 0 Å². The second kappa shape index (κ2) is 9.25. The molecular formula is C20H28N6O2. The van der Waals surface area contributed by atoms with Gasteiger partial charge in [-0.3, -0.25) is 14.5 Å². The average Bonchev–Trinajstić information content (AvgIpc) is 3.14. The van der Waals surface area contributed by atoms with Crippen molar-refractivity contribution >= 4 is 17.6 Å². The van der Waals surface area contributed by atoms with Crippen molar-refractivity contribution in [1.82, 2.24) is 20.0 Å². The van der Waals surface area contributed by atoms with Crippen molar-refractivity contribution in [3.05, 3.63) is 42.2 Å². The van der Waals surface area contributed by atoms with Gasteiger partial charge in [0, 0.05) is 39.9 Å². The highest BCUT2D eigenvalue weighted by Crippen LogP contribution is 2.16. The van der Waals surface area contributed by atoms with Crippen LogP contribution >= 0.6 is 0 Å². The van der Waals surface area contributed by atoms with Crippen LogP contribution in [0, 0.1) is 0 Å². The fourth-order valence-electron chi connectivity index (χ4n) is 3.33. The van der Waals surface area contributed by atoms with Gasteiger partial charge in [-0.15, -0.1) is 0 Å². The number of anilines is 1. The molecule has 1 N–H and O–H groups in total. The highest BCUT2D eigenvalue weighted by molar-refractivity contribution is 5.98. The van der Waals surface area contributed by atoms with Gasteiger partial charge in [0.25, 0.3) is 0 Å². The minimum Gasteiger partial charge on any atom is -0.497 e. The number of guanidine groups is 1. The minimum absolute atomic E-state index is 0.0542. The normalized spacial score (nSPS) is 15.1. The van der Waals surface area contributed by atoms with Crippen molar-refractivity contribution in [2.24, 2.45) is 12.0 Å². The lowest BCUT2D eigenvalue weighted by molar-refractivity contribution is -0.120. The molecule has 1 aromatic carbocycles. The van der Waals surface area contributed by atoms with Crippen molar-refractivity contribution in [3.63, 3.8) is 0 Å². The summed E-state index contributed by atoms with van der Waals surface area (Å²) >= 11 is 0. The van der Waals surface area contributed by atoms with Crippen molar-refractivity contribution in [3.8, 4) is 5.75 Å². The third kappa shape index (κ3) is 4.82. The minimum atomic E-state index is 0.0542. The van der Waals surface area contributed by atoms with Crippen LogP contribution in [0.3, 0.4) is 0 Å². The Morgan fingerprint density at radius 3 is 2.89 bits per heavy atom. The molecule has 150 valence electrons. The van der Waals surface area contributed by atoms with E-state index in [2.05, 4.69) is 27.5 Å². The predicted molar refractivity (Wildman–Crippen MR) is 110 cm³/mol. The molecule has 28 heavy (non-hydrogen) atoms. The maximum Gasteiger partial charge on any atom is 0.246 e. The van der Waals surface area contributed by atoms with Crippen LogP contribution in [0.4, 0.5) is 5.69 Å². The maximum absolute atomic E-state index is 12.6. The molecule has 1 saturated heterocycles. The summed E-state index contributed by atoms with van der Waals surface area (Å²) in [6.07, 6.45) is 5.50. The second-order valence-corrected chi connectivity index (χ2v) is 6.77. The molecule has 0 spiro atoms. The highest BCUT2D eigenvalue weighted by atomic mass is 16.5. The maximum atomic E-state index is 12.6. The molecule has 1 amide bonds. The van der Waals surface area contributed by atoms with Crippen LogP contribution in [0.1, 0.15) is 12.0 Å². The Labute approximate surface area is 165 Å². The monoisotopic (exact) mass is 384 g/mol. The Kier molecular flexibility index (Phi) is 6.52. The van der Waals surface area contributed by atoms with Crippen molar-refractivity contribution in [2.75, 3.05) is 45.2 Å². The van der Waals surface area contributed by atoms with Crippen LogP contribution in [-0.4, -0.2) is 66.9 Å². The van der Waals surface area contributed by atoms with E-state index in [1.807, 2.05) is 30.3 Å². The Morgan fingerprint density at radius 1 is 1.36 bits per heavy atom. The largest absolute Gasteiger partial charge is 0.497 e. The van der Waals surface area contributed by atoms with E-state index in [4.69, 9.17) is 4.74 Å². The van der Waals surface area contributed by atoms with Gasteiger partial charge in [-0.05, 0) is 30.5 Å². The zero-order chi connectivity index (χ0) is 19.9. The van der Waals surface area contributed by atoms with Crippen LogP contribution in [0.25, 0.3) is 0 Å². The first-order valence-corrected chi connectivity index (χ1v) is 9.48. The molecule has 0 bridgehead atoms. The summed E-state index contributed by atoms with van der Waals surface area (Å²) in [5.41, 5.74) is 2.09. The van der Waals surface area contributed by atoms with Gasteiger partial charge >= 0.3 is 0 Å².